The lowest BCUT2D eigenvalue weighted by atomic mass is 9.97. The fourth-order valence-corrected chi connectivity index (χ4v) is 8.06. The smallest absolute Gasteiger partial charge is 0.328 e. The van der Waals surface area contributed by atoms with Gasteiger partial charge >= 0.3 is 5.97 Å². The first-order valence-electron chi connectivity index (χ1n) is 20.8. The van der Waals surface area contributed by atoms with E-state index in [9.17, 15) is 28.8 Å². The van der Waals surface area contributed by atoms with Gasteiger partial charge in [-0.25, -0.2) is 4.79 Å². The maximum Gasteiger partial charge on any atom is 0.328 e. The van der Waals surface area contributed by atoms with Crippen LogP contribution in [0.15, 0.2) is 121 Å². The first-order valence-corrected chi connectivity index (χ1v) is 21.7. The Morgan fingerprint density at radius 2 is 1.16 bits per heavy atom. The number of ether oxygens (including phenoxy) is 1. The summed E-state index contributed by atoms with van der Waals surface area (Å²) in [5.74, 6) is -2.97. The van der Waals surface area contributed by atoms with Crippen LogP contribution in [0.2, 0.25) is 0 Å². The summed E-state index contributed by atoms with van der Waals surface area (Å²) in [6, 6.07) is 31.1. The summed E-state index contributed by atoms with van der Waals surface area (Å²) in [7, 11) is 1.23. The molecule has 3 heterocycles. The standard InChI is InChI=1S/C49H53N5O7S/c1-31(2)26-33-11-17-36(18-12-33)37-19-13-34(14-20-37)28-41-46(57)52-40(27-32-8-5-4-6-9-32)47(58)54-43(49(60)61-3)29-35-15-21-38(22-16-35)50-44(55)23-24-45(56)51-42(48(59)53-41)30-39-10-7-25-62-39/h4-22,25,31,40-43H,23-24,26-30H2,1-3H3,(H,50,55)(H,51,56)(H,52,57)(H,53,59)(H,54,58). The van der Waals surface area contributed by atoms with Crippen molar-refractivity contribution in [2.75, 3.05) is 12.4 Å². The van der Waals surface area contributed by atoms with Crippen LogP contribution in [0.4, 0.5) is 5.69 Å². The number of fused-ring (bicyclic) bond motifs is 18. The molecule has 322 valence electrons. The van der Waals surface area contributed by atoms with Crippen LogP contribution in [-0.4, -0.2) is 66.8 Å². The lowest BCUT2D eigenvalue weighted by molar-refractivity contribution is -0.145. The van der Waals surface area contributed by atoms with Crippen LogP contribution in [-0.2, 0) is 65.6 Å². The molecule has 0 aliphatic carbocycles. The molecule has 0 radical (unpaired) electrons. The van der Waals surface area contributed by atoms with Crippen LogP contribution in [0, 0.1) is 5.92 Å². The van der Waals surface area contributed by atoms with E-state index >= 15 is 0 Å². The third kappa shape index (κ3) is 13.2. The normalized spacial score (nSPS) is 19.3. The Balaban J connectivity index is 1.33. The topological polar surface area (TPSA) is 172 Å². The highest BCUT2D eigenvalue weighted by Gasteiger charge is 2.32. The van der Waals surface area contributed by atoms with E-state index in [0.717, 1.165) is 33.6 Å². The molecule has 0 spiro atoms. The predicted molar refractivity (Wildman–Crippen MR) is 240 cm³/mol. The van der Waals surface area contributed by atoms with E-state index in [1.165, 1.54) is 24.0 Å². The molecule has 7 rings (SSSR count). The average molecular weight is 856 g/mol. The minimum absolute atomic E-state index is 0.0469. The van der Waals surface area contributed by atoms with Gasteiger partial charge in [-0.2, -0.15) is 0 Å². The maximum absolute atomic E-state index is 14.6. The van der Waals surface area contributed by atoms with Crippen LogP contribution >= 0.6 is 11.3 Å². The van der Waals surface area contributed by atoms with Crippen molar-refractivity contribution in [1.29, 1.82) is 0 Å². The molecular formula is C49H53N5O7S. The number of esters is 1. The van der Waals surface area contributed by atoms with Gasteiger partial charge in [-0.05, 0) is 69.3 Å². The van der Waals surface area contributed by atoms with Gasteiger partial charge < -0.3 is 31.3 Å². The molecule has 1 aromatic heterocycles. The van der Waals surface area contributed by atoms with Gasteiger partial charge in [0.15, 0.2) is 0 Å². The second-order valence-corrected chi connectivity index (χ2v) is 17.0. The number of thiophene rings is 1. The molecule has 0 saturated carbocycles. The number of carbonyl (C=O) groups excluding carboxylic acids is 6. The molecule has 62 heavy (non-hydrogen) atoms. The molecule has 2 bridgehead atoms. The number of amides is 5. The Bertz CT molecular complexity index is 2300. The fraction of sp³-hybridized carbons (Fsp3) is 0.306. The zero-order valence-electron chi connectivity index (χ0n) is 35.1. The number of hydrogen-bond donors (Lipinski definition) is 5. The highest BCUT2D eigenvalue weighted by atomic mass is 32.1. The van der Waals surface area contributed by atoms with Gasteiger partial charge in [0.2, 0.25) is 29.5 Å². The van der Waals surface area contributed by atoms with Crippen molar-refractivity contribution >= 4 is 52.5 Å². The molecule has 4 atom stereocenters. The molecule has 12 nitrogen and oxygen atoms in total. The summed E-state index contributed by atoms with van der Waals surface area (Å²) in [6.45, 7) is 4.37. The molecular weight excluding hydrogens is 803 g/mol. The van der Waals surface area contributed by atoms with Crippen molar-refractivity contribution in [2.45, 2.75) is 83.0 Å². The van der Waals surface area contributed by atoms with Crippen molar-refractivity contribution in [1.82, 2.24) is 21.3 Å². The van der Waals surface area contributed by atoms with Gasteiger partial charge in [0.05, 0.1) is 7.11 Å². The molecule has 5 amide bonds. The molecule has 5 N–H and O–H groups in total. The quantitative estimate of drug-likeness (QED) is 0.0883. The molecule has 5 aromatic rings. The van der Waals surface area contributed by atoms with Gasteiger partial charge in [0.25, 0.3) is 0 Å². The Labute approximate surface area is 366 Å². The van der Waals surface area contributed by atoms with Crippen LogP contribution in [0.25, 0.3) is 11.1 Å². The van der Waals surface area contributed by atoms with Crippen LogP contribution in [0.1, 0.15) is 53.8 Å². The number of methoxy groups -OCH3 is 1. The number of anilines is 1. The molecule has 2 aliphatic rings. The summed E-state index contributed by atoms with van der Waals surface area (Å²) >= 11 is 1.42. The van der Waals surface area contributed by atoms with Gasteiger partial charge in [-0.3, -0.25) is 24.0 Å². The summed E-state index contributed by atoms with van der Waals surface area (Å²) in [5, 5.41) is 16.0. The highest BCUT2D eigenvalue weighted by Crippen LogP contribution is 2.23. The van der Waals surface area contributed by atoms with Gasteiger partial charge in [0, 0.05) is 49.1 Å². The van der Waals surface area contributed by atoms with E-state index in [1.807, 2.05) is 72.1 Å². The number of rotatable bonds is 10. The molecule has 0 fully saturated rings. The molecule has 4 unspecified atom stereocenters. The van der Waals surface area contributed by atoms with Crippen molar-refractivity contribution < 1.29 is 33.5 Å². The van der Waals surface area contributed by atoms with Crippen molar-refractivity contribution in [2.24, 2.45) is 5.92 Å². The lowest BCUT2D eigenvalue weighted by Gasteiger charge is -2.26. The minimum Gasteiger partial charge on any atom is -0.467 e. The largest absolute Gasteiger partial charge is 0.467 e. The number of carbonyl (C=O) groups is 6. The first kappa shape index (κ1) is 44.9. The SMILES string of the molecule is COC(=O)C1Cc2ccc(cc2)NC(=O)CCC(=O)NC(Cc2cccs2)C(=O)NC(Cc2ccc(-c3ccc(CC(C)C)cc3)cc2)C(=O)NC(Cc2ccccc2)C(=O)N1. The van der Waals surface area contributed by atoms with Gasteiger partial charge in [-0.15, -0.1) is 11.3 Å². The van der Waals surface area contributed by atoms with Crippen LogP contribution in [0.5, 0.6) is 0 Å². The predicted octanol–water partition coefficient (Wildman–Crippen LogP) is 5.73. The van der Waals surface area contributed by atoms with E-state index in [1.54, 1.807) is 24.3 Å². The monoisotopic (exact) mass is 855 g/mol. The van der Waals surface area contributed by atoms with Gasteiger partial charge in [0.1, 0.15) is 24.2 Å². The number of benzene rings is 4. The second kappa shape index (κ2) is 21.8. The third-order valence-electron chi connectivity index (χ3n) is 10.6. The minimum atomic E-state index is -1.20. The van der Waals surface area contributed by atoms with Gasteiger partial charge in [-0.1, -0.05) is 111 Å². The lowest BCUT2D eigenvalue weighted by Crippen LogP contribution is -2.59. The zero-order valence-corrected chi connectivity index (χ0v) is 36.0. The number of hydrogen-bond acceptors (Lipinski definition) is 8. The van der Waals surface area contributed by atoms with E-state index < -0.39 is 59.7 Å². The average Bonchev–Trinajstić information content (AvgIpc) is 3.79. The summed E-state index contributed by atoms with van der Waals surface area (Å²) in [4.78, 5) is 83.2. The Morgan fingerprint density at radius 1 is 0.613 bits per heavy atom. The van der Waals surface area contributed by atoms with Crippen molar-refractivity contribution in [3.05, 3.63) is 148 Å². The highest BCUT2D eigenvalue weighted by molar-refractivity contribution is 7.09. The van der Waals surface area contributed by atoms with Crippen molar-refractivity contribution in [3.8, 4) is 11.1 Å². The third-order valence-corrected chi connectivity index (χ3v) is 11.5. The van der Waals surface area contributed by atoms with E-state index in [2.05, 4.69) is 64.7 Å². The van der Waals surface area contributed by atoms with E-state index in [-0.39, 0.29) is 38.5 Å². The Morgan fingerprint density at radius 3 is 1.73 bits per heavy atom. The Hall–Kier alpha value is -6.60. The van der Waals surface area contributed by atoms with Crippen LogP contribution in [0.3, 0.4) is 0 Å². The fourth-order valence-electron chi connectivity index (χ4n) is 7.31. The maximum atomic E-state index is 14.6. The molecule has 0 saturated heterocycles. The summed E-state index contributed by atoms with van der Waals surface area (Å²) in [5.41, 5.74) is 5.90. The molecule has 4 aromatic carbocycles. The summed E-state index contributed by atoms with van der Waals surface area (Å²) < 4.78 is 5.07. The zero-order chi connectivity index (χ0) is 44.0. The van der Waals surface area contributed by atoms with E-state index in [4.69, 9.17) is 4.74 Å². The molecule has 13 heteroatoms. The molecule has 2 aliphatic heterocycles. The van der Waals surface area contributed by atoms with Crippen LogP contribution < -0.4 is 26.6 Å². The summed E-state index contributed by atoms with van der Waals surface area (Å²) in [6.07, 6.45) is 0.960. The first-order chi connectivity index (χ1) is 29.9. The number of nitrogens with one attached hydrogen (secondary N) is 5. The second-order valence-electron chi connectivity index (χ2n) is 15.9. The van der Waals surface area contributed by atoms with E-state index in [0.29, 0.717) is 17.2 Å². The van der Waals surface area contributed by atoms with Crippen molar-refractivity contribution in [3.63, 3.8) is 0 Å². The Kier molecular flexibility index (Phi) is 15.8.